The van der Waals surface area contributed by atoms with E-state index in [0.29, 0.717) is 29.0 Å². The van der Waals surface area contributed by atoms with Crippen LogP contribution < -0.4 is 10.1 Å². The summed E-state index contributed by atoms with van der Waals surface area (Å²) in [7, 11) is 0. The SMILES string of the molecule is CCC(Oc1ccccc1)C(=O)Nc1ccccc1C(=O)c1ccccc1. The summed E-state index contributed by atoms with van der Waals surface area (Å²) in [4.78, 5) is 25.5. The van der Waals surface area contributed by atoms with Crippen molar-refractivity contribution >= 4 is 17.4 Å². The van der Waals surface area contributed by atoms with E-state index in [1.54, 1.807) is 36.4 Å². The fourth-order valence-electron chi connectivity index (χ4n) is 2.73. The van der Waals surface area contributed by atoms with Crippen LogP contribution in [-0.4, -0.2) is 17.8 Å². The fraction of sp³-hybridized carbons (Fsp3) is 0.130. The van der Waals surface area contributed by atoms with Gasteiger partial charge in [-0.1, -0.05) is 67.6 Å². The molecule has 0 fully saturated rings. The monoisotopic (exact) mass is 359 g/mol. The minimum absolute atomic E-state index is 0.136. The maximum atomic E-state index is 12.8. The van der Waals surface area contributed by atoms with Gasteiger partial charge < -0.3 is 10.1 Å². The van der Waals surface area contributed by atoms with Crippen LogP contribution in [0.1, 0.15) is 29.3 Å². The minimum atomic E-state index is -0.646. The average Bonchev–Trinajstić information content (AvgIpc) is 2.73. The van der Waals surface area contributed by atoms with E-state index >= 15 is 0 Å². The lowest BCUT2D eigenvalue weighted by Gasteiger charge is -2.18. The molecule has 4 nitrogen and oxygen atoms in total. The van der Waals surface area contributed by atoms with E-state index in [2.05, 4.69) is 5.32 Å². The highest BCUT2D eigenvalue weighted by molar-refractivity contribution is 6.14. The molecule has 4 heteroatoms. The molecule has 27 heavy (non-hydrogen) atoms. The number of ether oxygens (including phenoxy) is 1. The first-order chi connectivity index (χ1) is 13.2. The Kier molecular flexibility index (Phi) is 6.00. The van der Waals surface area contributed by atoms with Crippen LogP contribution in [0.15, 0.2) is 84.9 Å². The summed E-state index contributed by atoms with van der Waals surface area (Å²) in [6.45, 7) is 1.88. The number of carbonyl (C=O) groups is 2. The molecule has 3 aromatic rings. The highest BCUT2D eigenvalue weighted by Gasteiger charge is 2.21. The van der Waals surface area contributed by atoms with E-state index in [0.717, 1.165) is 0 Å². The predicted molar refractivity (Wildman–Crippen MR) is 106 cm³/mol. The van der Waals surface area contributed by atoms with Crippen LogP contribution in [0.2, 0.25) is 0 Å². The van der Waals surface area contributed by atoms with Crippen LogP contribution in [0.5, 0.6) is 5.75 Å². The molecule has 0 radical (unpaired) electrons. The highest BCUT2D eigenvalue weighted by Crippen LogP contribution is 2.21. The van der Waals surface area contributed by atoms with Crippen LogP contribution >= 0.6 is 0 Å². The quantitative estimate of drug-likeness (QED) is 0.621. The number of carbonyl (C=O) groups excluding carboxylic acids is 2. The molecule has 1 unspecified atom stereocenters. The Hall–Kier alpha value is -3.40. The van der Waals surface area contributed by atoms with Crippen molar-refractivity contribution in [1.82, 2.24) is 0 Å². The third-order valence-electron chi connectivity index (χ3n) is 4.15. The molecular weight excluding hydrogens is 338 g/mol. The summed E-state index contributed by atoms with van der Waals surface area (Å²) in [6, 6.07) is 25.2. The molecule has 1 atom stereocenters. The molecule has 1 amide bonds. The number of rotatable bonds is 7. The van der Waals surface area contributed by atoms with Gasteiger partial charge in [0.15, 0.2) is 11.9 Å². The minimum Gasteiger partial charge on any atom is -0.481 e. The van der Waals surface area contributed by atoms with Crippen molar-refractivity contribution in [2.45, 2.75) is 19.4 Å². The van der Waals surface area contributed by atoms with Crippen LogP contribution in [-0.2, 0) is 4.79 Å². The Balaban J connectivity index is 1.79. The summed E-state index contributed by atoms with van der Waals surface area (Å²) in [5.41, 5.74) is 1.50. The van der Waals surface area contributed by atoms with Gasteiger partial charge in [0.2, 0.25) is 0 Å². The van der Waals surface area contributed by atoms with Gasteiger partial charge in [-0.2, -0.15) is 0 Å². The molecule has 0 aliphatic rings. The van der Waals surface area contributed by atoms with Gasteiger partial charge in [0.05, 0.1) is 5.69 Å². The summed E-state index contributed by atoms with van der Waals surface area (Å²) < 4.78 is 5.79. The maximum Gasteiger partial charge on any atom is 0.265 e. The molecule has 0 heterocycles. The molecule has 1 N–H and O–H groups in total. The average molecular weight is 359 g/mol. The van der Waals surface area contributed by atoms with Gasteiger partial charge in [0.25, 0.3) is 5.91 Å². The molecule has 0 aliphatic heterocycles. The summed E-state index contributed by atoms with van der Waals surface area (Å²) in [5.74, 6) is 0.214. The lowest BCUT2D eigenvalue weighted by Crippen LogP contribution is -2.32. The second kappa shape index (κ2) is 8.81. The number of ketones is 1. The zero-order chi connectivity index (χ0) is 19.1. The molecule has 0 saturated carbocycles. The number of nitrogens with one attached hydrogen (secondary N) is 1. The maximum absolute atomic E-state index is 12.8. The lowest BCUT2D eigenvalue weighted by atomic mass is 10.0. The van der Waals surface area contributed by atoms with Crippen LogP contribution in [0.3, 0.4) is 0 Å². The third kappa shape index (κ3) is 4.61. The molecular formula is C23H21NO3. The zero-order valence-corrected chi connectivity index (χ0v) is 15.1. The first kappa shape index (κ1) is 18.4. The number of anilines is 1. The van der Waals surface area contributed by atoms with Gasteiger partial charge in [-0.15, -0.1) is 0 Å². The molecule has 0 spiro atoms. The Morgan fingerprint density at radius 3 is 2.11 bits per heavy atom. The van der Waals surface area contributed by atoms with Crippen molar-refractivity contribution in [3.05, 3.63) is 96.1 Å². The van der Waals surface area contributed by atoms with Crippen molar-refractivity contribution in [2.75, 3.05) is 5.32 Å². The highest BCUT2D eigenvalue weighted by atomic mass is 16.5. The molecule has 0 aliphatic carbocycles. The van der Waals surface area contributed by atoms with E-state index in [-0.39, 0.29) is 11.7 Å². The normalized spacial score (nSPS) is 11.4. The van der Waals surface area contributed by atoms with Crippen molar-refractivity contribution in [1.29, 1.82) is 0 Å². The lowest BCUT2D eigenvalue weighted by molar-refractivity contribution is -0.122. The summed E-state index contributed by atoms with van der Waals surface area (Å²) >= 11 is 0. The number of para-hydroxylation sites is 2. The number of amides is 1. The fourth-order valence-corrected chi connectivity index (χ4v) is 2.73. The smallest absolute Gasteiger partial charge is 0.265 e. The third-order valence-corrected chi connectivity index (χ3v) is 4.15. The second-order valence-corrected chi connectivity index (χ2v) is 6.06. The Morgan fingerprint density at radius 1 is 0.852 bits per heavy atom. The Labute approximate surface area is 158 Å². The van der Waals surface area contributed by atoms with Crippen molar-refractivity contribution in [2.24, 2.45) is 0 Å². The van der Waals surface area contributed by atoms with Crippen LogP contribution in [0.25, 0.3) is 0 Å². The van der Waals surface area contributed by atoms with E-state index < -0.39 is 6.10 Å². The second-order valence-electron chi connectivity index (χ2n) is 6.06. The van der Waals surface area contributed by atoms with Crippen LogP contribution in [0, 0.1) is 0 Å². The van der Waals surface area contributed by atoms with Gasteiger partial charge in [0.1, 0.15) is 5.75 Å². The largest absolute Gasteiger partial charge is 0.481 e. The van der Waals surface area contributed by atoms with E-state index in [1.165, 1.54) is 0 Å². The first-order valence-electron chi connectivity index (χ1n) is 8.90. The number of hydrogen-bond donors (Lipinski definition) is 1. The van der Waals surface area contributed by atoms with E-state index in [1.807, 2.05) is 55.5 Å². The summed E-state index contributed by atoms with van der Waals surface area (Å²) in [5, 5.41) is 2.85. The van der Waals surface area contributed by atoms with E-state index in [4.69, 9.17) is 4.74 Å². The van der Waals surface area contributed by atoms with Crippen molar-refractivity contribution < 1.29 is 14.3 Å². The number of benzene rings is 3. The molecule has 0 bridgehead atoms. The molecule has 3 aromatic carbocycles. The zero-order valence-electron chi connectivity index (χ0n) is 15.1. The Morgan fingerprint density at radius 2 is 1.44 bits per heavy atom. The molecule has 136 valence electrons. The van der Waals surface area contributed by atoms with Crippen molar-refractivity contribution in [3.8, 4) is 5.75 Å². The molecule has 0 aromatic heterocycles. The predicted octanol–water partition coefficient (Wildman–Crippen LogP) is 4.71. The van der Waals surface area contributed by atoms with Crippen molar-refractivity contribution in [3.63, 3.8) is 0 Å². The van der Waals surface area contributed by atoms with E-state index in [9.17, 15) is 9.59 Å². The summed E-state index contributed by atoms with van der Waals surface area (Å²) in [6.07, 6.45) is -0.137. The first-order valence-corrected chi connectivity index (χ1v) is 8.90. The standard InChI is InChI=1S/C23H21NO3/c1-2-21(27-18-13-7-4-8-14-18)23(26)24-20-16-10-9-15-19(20)22(25)17-11-5-3-6-12-17/h3-16,21H,2H2,1H3,(H,24,26). The van der Waals surface area contributed by atoms with Gasteiger partial charge in [-0.05, 0) is 30.7 Å². The van der Waals surface area contributed by atoms with Gasteiger partial charge >= 0.3 is 0 Å². The number of hydrogen-bond acceptors (Lipinski definition) is 3. The molecule has 0 saturated heterocycles. The van der Waals surface area contributed by atoms with Gasteiger partial charge in [-0.25, -0.2) is 0 Å². The Bertz CT molecular complexity index is 907. The van der Waals surface area contributed by atoms with Gasteiger partial charge in [-0.3, -0.25) is 9.59 Å². The molecule has 3 rings (SSSR count). The van der Waals surface area contributed by atoms with Crippen LogP contribution in [0.4, 0.5) is 5.69 Å². The topological polar surface area (TPSA) is 55.4 Å². The van der Waals surface area contributed by atoms with Gasteiger partial charge in [0, 0.05) is 11.1 Å².